The lowest BCUT2D eigenvalue weighted by Gasteiger charge is -2.14. The van der Waals surface area contributed by atoms with Crippen molar-refractivity contribution in [2.75, 3.05) is 17.2 Å². The summed E-state index contributed by atoms with van der Waals surface area (Å²) in [6.45, 7) is 4.80. The lowest BCUT2D eigenvalue weighted by Crippen LogP contribution is -2.22. The average Bonchev–Trinajstić information content (AvgIpc) is 2.77. The van der Waals surface area contributed by atoms with Gasteiger partial charge in [0.25, 0.3) is 11.8 Å². The first kappa shape index (κ1) is 23.8. The van der Waals surface area contributed by atoms with Gasteiger partial charge in [-0.15, -0.1) is 0 Å². The van der Waals surface area contributed by atoms with E-state index in [2.05, 4.69) is 10.6 Å². The molecule has 0 aliphatic heterocycles. The molecule has 3 rings (SSSR count). The minimum atomic E-state index is -0.480. The molecule has 3 aromatic carbocycles. The predicted octanol–water partition coefficient (Wildman–Crippen LogP) is 5.15. The Kier molecular flexibility index (Phi) is 7.69. The Labute approximate surface area is 196 Å². The van der Waals surface area contributed by atoms with Crippen LogP contribution in [0.1, 0.15) is 28.4 Å². The van der Waals surface area contributed by atoms with E-state index in [1.807, 2.05) is 13.8 Å². The number of hydrogen-bond acceptors (Lipinski definition) is 5. The second-order valence-corrected chi connectivity index (χ2v) is 7.71. The van der Waals surface area contributed by atoms with Crippen LogP contribution in [0.5, 0.6) is 11.5 Å². The van der Waals surface area contributed by atoms with Crippen LogP contribution in [0.2, 0.25) is 5.02 Å². The molecule has 0 aliphatic rings. The first-order valence-corrected chi connectivity index (χ1v) is 10.5. The SMILES string of the molecule is CC(=O)Oc1cccc(C(=O)Nc2ccccc2NC(=O)COc2cc(C)c(Cl)c(C)c2)c1. The first-order chi connectivity index (χ1) is 15.7. The lowest BCUT2D eigenvalue weighted by molar-refractivity contribution is -0.131. The van der Waals surface area contributed by atoms with Crippen molar-refractivity contribution in [1.82, 2.24) is 0 Å². The molecule has 0 saturated heterocycles. The fraction of sp³-hybridized carbons (Fsp3) is 0.160. The number of anilines is 2. The van der Waals surface area contributed by atoms with E-state index in [1.54, 1.807) is 54.6 Å². The largest absolute Gasteiger partial charge is 0.484 e. The number of nitrogens with one attached hydrogen (secondary N) is 2. The summed E-state index contributed by atoms with van der Waals surface area (Å²) >= 11 is 6.16. The van der Waals surface area contributed by atoms with Gasteiger partial charge in [-0.25, -0.2) is 0 Å². The van der Waals surface area contributed by atoms with Crippen LogP contribution in [0.25, 0.3) is 0 Å². The van der Waals surface area contributed by atoms with Crippen molar-refractivity contribution in [2.45, 2.75) is 20.8 Å². The van der Waals surface area contributed by atoms with Crippen LogP contribution in [0.15, 0.2) is 60.7 Å². The second kappa shape index (κ2) is 10.7. The summed E-state index contributed by atoms with van der Waals surface area (Å²) in [5, 5.41) is 6.16. The Morgan fingerprint density at radius 2 is 1.48 bits per heavy atom. The fourth-order valence-electron chi connectivity index (χ4n) is 3.09. The third-order valence-corrected chi connectivity index (χ3v) is 5.18. The summed E-state index contributed by atoms with van der Waals surface area (Å²) in [6, 6.07) is 16.6. The molecule has 0 aliphatic carbocycles. The molecule has 0 spiro atoms. The molecule has 0 heterocycles. The second-order valence-electron chi connectivity index (χ2n) is 7.33. The Morgan fingerprint density at radius 1 is 0.848 bits per heavy atom. The van der Waals surface area contributed by atoms with Crippen LogP contribution in [0.4, 0.5) is 11.4 Å². The van der Waals surface area contributed by atoms with Crippen LogP contribution in [-0.2, 0) is 9.59 Å². The normalized spacial score (nSPS) is 10.3. The zero-order valence-corrected chi connectivity index (χ0v) is 19.2. The molecular weight excluding hydrogens is 444 g/mol. The standard InChI is InChI=1S/C25H23ClN2O5/c1-15-11-20(12-16(2)24(15)26)32-14-23(30)27-21-9-4-5-10-22(21)28-25(31)18-7-6-8-19(13-18)33-17(3)29/h4-13H,14H2,1-3H3,(H,27,30)(H,28,31). The number of ether oxygens (including phenoxy) is 2. The quantitative estimate of drug-likeness (QED) is 0.371. The van der Waals surface area contributed by atoms with E-state index in [0.717, 1.165) is 11.1 Å². The van der Waals surface area contributed by atoms with Gasteiger partial charge in [-0.1, -0.05) is 29.8 Å². The maximum Gasteiger partial charge on any atom is 0.308 e. The molecule has 0 unspecified atom stereocenters. The molecule has 3 aromatic rings. The van der Waals surface area contributed by atoms with Gasteiger partial charge in [-0.05, 0) is 67.4 Å². The van der Waals surface area contributed by atoms with Crippen LogP contribution in [-0.4, -0.2) is 24.4 Å². The van der Waals surface area contributed by atoms with Crippen LogP contribution >= 0.6 is 11.6 Å². The first-order valence-electron chi connectivity index (χ1n) is 10.1. The summed E-state index contributed by atoms with van der Waals surface area (Å²) in [5.41, 5.74) is 2.84. The molecule has 170 valence electrons. The zero-order valence-electron chi connectivity index (χ0n) is 18.4. The molecule has 0 atom stereocenters. The highest BCUT2D eigenvalue weighted by atomic mass is 35.5. The monoisotopic (exact) mass is 466 g/mol. The van der Waals surface area contributed by atoms with E-state index in [-0.39, 0.29) is 18.3 Å². The van der Waals surface area contributed by atoms with Crippen LogP contribution in [0, 0.1) is 13.8 Å². The van der Waals surface area contributed by atoms with E-state index in [4.69, 9.17) is 21.1 Å². The van der Waals surface area contributed by atoms with E-state index in [1.165, 1.54) is 13.0 Å². The van der Waals surface area contributed by atoms with E-state index in [0.29, 0.717) is 27.7 Å². The van der Waals surface area contributed by atoms with Crippen molar-refractivity contribution in [2.24, 2.45) is 0 Å². The van der Waals surface area contributed by atoms with Crippen molar-refractivity contribution in [3.8, 4) is 11.5 Å². The summed E-state index contributed by atoms with van der Waals surface area (Å²) in [4.78, 5) is 36.3. The number of carbonyl (C=O) groups is 3. The van der Waals surface area contributed by atoms with E-state index < -0.39 is 11.9 Å². The third kappa shape index (κ3) is 6.57. The Morgan fingerprint density at radius 3 is 2.12 bits per heavy atom. The van der Waals surface area contributed by atoms with Gasteiger partial charge in [0.05, 0.1) is 11.4 Å². The van der Waals surface area contributed by atoms with E-state index in [9.17, 15) is 14.4 Å². The molecule has 0 aromatic heterocycles. The van der Waals surface area contributed by atoms with E-state index >= 15 is 0 Å². The number of rotatable bonds is 7. The molecule has 0 fully saturated rings. The molecule has 0 bridgehead atoms. The van der Waals surface area contributed by atoms with Gasteiger partial charge in [0.1, 0.15) is 11.5 Å². The number of amides is 2. The zero-order chi connectivity index (χ0) is 24.0. The van der Waals surface area contributed by atoms with Gasteiger partial charge < -0.3 is 20.1 Å². The smallest absolute Gasteiger partial charge is 0.308 e. The van der Waals surface area contributed by atoms with Gasteiger partial charge >= 0.3 is 5.97 Å². The van der Waals surface area contributed by atoms with Gasteiger partial charge in [0.2, 0.25) is 0 Å². The average molecular weight is 467 g/mol. The topological polar surface area (TPSA) is 93.7 Å². The van der Waals surface area contributed by atoms with Gasteiger partial charge in [-0.3, -0.25) is 14.4 Å². The summed E-state index contributed by atoms with van der Waals surface area (Å²) in [6.07, 6.45) is 0. The Balaban J connectivity index is 1.66. The maximum atomic E-state index is 12.7. The molecule has 2 N–H and O–H groups in total. The molecule has 33 heavy (non-hydrogen) atoms. The fourth-order valence-corrected chi connectivity index (χ4v) is 3.20. The molecule has 2 amide bonds. The van der Waals surface area contributed by atoms with Gasteiger partial charge in [-0.2, -0.15) is 0 Å². The third-order valence-electron chi connectivity index (χ3n) is 4.59. The highest BCUT2D eigenvalue weighted by molar-refractivity contribution is 6.32. The molecular formula is C25H23ClN2O5. The molecule has 7 nitrogen and oxygen atoms in total. The van der Waals surface area contributed by atoms with Crippen molar-refractivity contribution in [3.63, 3.8) is 0 Å². The maximum absolute atomic E-state index is 12.7. The number of benzene rings is 3. The molecule has 8 heteroatoms. The minimum absolute atomic E-state index is 0.215. The number of esters is 1. The number of hydrogen-bond donors (Lipinski definition) is 2. The van der Waals surface area contributed by atoms with Crippen LogP contribution < -0.4 is 20.1 Å². The summed E-state index contributed by atoms with van der Waals surface area (Å²) in [5.74, 6) is -0.486. The number of para-hydroxylation sites is 2. The Bertz CT molecular complexity index is 1190. The molecule has 0 radical (unpaired) electrons. The van der Waals surface area contributed by atoms with Crippen molar-refractivity contribution in [1.29, 1.82) is 0 Å². The number of aryl methyl sites for hydroxylation is 2. The minimum Gasteiger partial charge on any atom is -0.484 e. The molecule has 0 saturated carbocycles. The van der Waals surface area contributed by atoms with Crippen molar-refractivity contribution >= 4 is 40.8 Å². The van der Waals surface area contributed by atoms with Crippen molar-refractivity contribution in [3.05, 3.63) is 82.4 Å². The summed E-state index contributed by atoms with van der Waals surface area (Å²) in [7, 11) is 0. The van der Waals surface area contributed by atoms with Crippen LogP contribution in [0.3, 0.4) is 0 Å². The van der Waals surface area contributed by atoms with Crippen molar-refractivity contribution < 1.29 is 23.9 Å². The number of halogens is 1. The highest BCUT2D eigenvalue weighted by Gasteiger charge is 2.13. The van der Waals surface area contributed by atoms with Gasteiger partial charge in [0, 0.05) is 17.5 Å². The predicted molar refractivity (Wildman–Crippen MR) is 127 cm³/mol. The Hall–Kier alpha value is -3.84. The number of carbonyl (C=O) groups excluding carboxylic acids is 3. The summed E-state index contributed by atoms with van der Waals surface area (Å²) < 4.78 is 10.6. The van der Waals surface area contributed by atoms with Gasteiger partial charge in [0.15, 0.2) is 6.61 Å². The lowest BCUT2D eigenvalue weighted by atomic mass is 10.1. The highest BCUT2D eigenvalue weighted by Crippen LogP contribution is 2.26.